The molecular formula is C15H21NO3. The van der Waals surface area contributed by atoms with Crippen molar-refractivity contribution in [3.63, 3.8) is 0 Å². The second kappa shape index (κ2) is 5.31. The molecule has 0 aliphatic carbocycles. The third kappa shape index (κ3) is 2.26. The second-order valence-electron chi connectivity index (χ2n) is 5.10. The summed E-state index contributed by atoms with van der Waals surface area (Å²) >= 11 is 0. The van der Waals surface area contributed by atoms with E-state index in [1.807, 2.05) is 26.8 Å². The molecule has 0 saturated heterocycles. The summed E-state index contributed by atoms with van der Waals surface area (Å²) in [5.74, 6) is -0.0545. The fourth-order valence-electron chi connectivity index (χ4n) is 2.76. The van der Waals surface area contributed by atoms with E-state index in [1.165, 1.54) is 0 Å². The predicted octanol–water partition coefficient (Wildman–Crippen LogP) is 2.43. The standard InChI is InChI=1S/C15H21NO3/c1-5-10-12-6-11(13(17)7-19-4)8(2)9(3)14(12)16-15(10)18/h6,10,13,17H,5,7H2,1-4H3,(H,16,18). The number of anilines is 1. The Hall–Kier alpha value is -1.39. The lowest BCUT2D eigenvalue weighted by atomic mass is 9.89. The predicted molar refractivity (Wildman–Crippen MR) is 74.4 cm³/mol. The fourth-order valence-corrected chi connectivity index (χ4v) is 2.76. The molecule has 2 unspecified atom stereocenters. The molecule has 0 radical (unpaired) electrons. The summed E-state index contributed by atoms with van der Waals surface area (Å²) in [7, 11) is 1.57. The van der Waals surface area contributed by atoms with Crippen molar-refractivity contribution in [3.8, 4) is 0 Å². The van der Waals surface area contributed by atoms with Crippen LogP contribution in [0, 0.1) is 13.8 Å². The number of fused-ring (bicyclic) bond motifs is 1. The number of aliphatic hydroxyl groups is 1. The Morgan fingerprint density at radius 2 is 2.11 bits per heavy atom. The Morgan fingerprint density at radius 1 is 1.42 bits per heavy atom. The first-order valence-electron chi connectivity index (χ1n) is 6.63. The molecule has 1 aromatic carbocycles. The summed E-state index contributed by atoms with van der Waals surface area (Å²) in [5, 5.41) is 13.1. The zero-order valence-corrected chi connectivity index (χ0v) is 11.9. The lowest BCUT2D eigenvalue weighted by Gasteiger charge is -2.18. The van der Waals surface area contributed by atoms with E-state index in [2.05, 4.69) is 5.32 Å². The van der Waals surface area contributed by atoms with Crippen molar-refractivity contribution in [2.45, 2.75) is 39.2 Å². The van der Waals surface area contributed by atoms with Gasteiger partial charge >= 0.3 is 0 Å². The number of rotatable bonds is 4. The van der Waals surface area contributed by atoms with Crippen LogP contribution in [0.5, 0.6) is 0 Å². The van der Waals surface area contributed by atoms with Gasteiger partial charge in [-0.25, -0.2) is 0 Å². The number of aliphatic hydroxyl groups excluding tert-OH is 1. The maximum atomic E-state index is 11.9. The Bertz CT molecular complexity index is 511. The van der Waals surface area contributed by atoms with Gasteiger partial charge in [0.1, 0.15) is 6.10 Å². The molecule has 19 heavy (non-hydrogen) atoms. The third-order valence-electron chi connectivity index (χ3n) is 4.00. The number of hydrogen-bond donors (Lipinski definition) is 2. The van der Waals surface area contributed by atoms with Gasteiger partial charge in [-0.2, -0.15) is 0 Å². The molecule has 0 saturated carbocycles. The molecule has 2 atom stereocenters. The lowest BCUT2D eigenvalue weighted by Crippen LogP contribution is -2.11. The Balaban J connectivity index is 2.53. The third-order valence-corrected chi connectivity index (χ3v) is 4.00. The maximum Gasteiger partial charge on any atom is 0.232 e. The van der Waals surface area contributed by atoms with Gasteiger partial charge in [0.25, 0.3) is 0 Å². The van der Waals surface area contributed by atoms with Crippen molar-refractivity contribution in [2.75, 3.05) is 19.0 Å². The number of carbonyl (C=O) groups excluding carboxylic acids is 1. The summed E-state index contributed by atoms with van der Waals surface area (Å²) in [4.78, 5) is 11.9. The van der Waals surface area contributed by atoms with Crippen LogP contribution in [-0.4, -0.2) is 24.7 Å². The SMILES string of the molecule is CCC1C(=O)Nc2c1cc(C(O)COC)c(C)c2C. The lowest BCUT2D eigenvalue weighted by molar-refractivity contribution is -0.117. The van der Waals surface area contributed by atoms with Crippen LogP contribution in [-0.2, 0) is 9.53 Å². The van der Waals surface area contributed by atoms with E-state index >= 15 is 0 Å². The van der Waals surface area contributed by atoms with Crippen LogP contribution >= 0.6 is 0 Å². The van der Waals surface area contributed by atoms with Crippen molar-refractivity contribution < 1.29 is 14.6 Å². The van der Waals surface area contributed by atoms with Gasteiger partial charge < -0.3 is 15.2 Å². The summed E-state index contributed by atoms with van der Waals surface area (Å²) in [6.45, 7) is 6.21. The van der Waals surface area contributed by atoms with E-state index in [0.29, 0.717) is 0 Å². The van der Waals surface area contributed by atoms with E-state index < -0.39 is 6.10 Å². The van der Waals surface area contributed by atoms with Gasteiger partial charge in [-0.3, -0.25) is 4.79 Å². The molecule has 2 N–H and O–H groups in total. The quantitative estimate of drug-likeness (QED) is 0.877. The number of amides is 1. The average molecular weight is 263 g/mol. The van der Waals surface area contributed by atoms with Gasteiger partial charge in [0.05, 0.1) is 12.5 Å². The first-order chi connectivity index (χ1) is 9.01. The van der Waals surface area contributed by atoms with Crippen molar-refractivity contribution in [3.05, 3.63) is 28.3 Å². The molecule has 0 bridgehead atoms. The van der Waals surface area contributed by atoms with Crippen LogP contribution in [0.3, 0.4) is 0 Å². The van der Waals surface area contributed by atoms with Crippen LogP contribution in [0.4, 0.5) is 5.69 Å². The molecule has 1 aromatic rings. The van der Waals surface area contributed by atoms with E-state index in [0.717, 1.165) is 34.4 Å². The highest BCUT2D eigenvalue weighted by Gasteiger charge is 2.32. The molecule has 104 valence electrons. The van der Waals surface area contributed by atoms with Crippen molar-refractivity contribution >= 4 is 11.6 Å². The van der Waals surface area contributed by atoms with Gasteiger partial charge in [0, 0.05) is 12.8 Å². The van der Waals surface area contributed by atoms with E-state index in [1.54, 1.807) is 7.11 Å². The molecule has 0 fully saturated rings. The zero-order valence-electron chi connectivity index (χ0n) is 11.9. The molecular weight excluding hydrogens is 242 g/mol. The highest BCUT2D eigenvalue weighted by atomic mass is 16.5. The van der Waals surface area contributed by atoms with Crippen LogP contribution in [0.25, 0.3) is 0 Å². The highest BCUT2D eigenvalue weighted by Crippen LogP contribution is 2.40. The van der Waals surface area contributed by atoms with Gasteiger partial charge in [-0.05, 0) is 48.6 Å². The van der Waals surface area contributed by atoms with Crippen LogP contribution in [0.1, 0.15) is 47.6 Å². The number of nitrogens with one attached hydrogen (secondary N) is 1. The van der Waals surface area contributed by atoms with Crippen molar-refractivity contribution in [1.29, 1.82) is 0 Å². The van der Waals surface area contributed by atoms with Gasteiger partial charge in [0.15, 0.2) is 0 Å². The topological polar surface area (TPSA) is 58.6 Å². The Kier molecular flexibility index (Phi) is 3.92. The molecule has 4 nitrogen and oxygen atoms in total. The molecule has 4 heteroatoms. The summed E-state index contributed by atoms with van der Waals surface area (Å²) in [6.07, 6.45) is 0.114. The number of ether oxygens (including phenoxy) is 1. The highest BCUT2D eigenvalue weighted by molar-refractivity contribution is 6.04. The van der Waals surface area contributed by atoms with E-state index in [4.69, 9.17) is 4.74 Å². The molecule has 1 heterocycles. The minimum atomic E-state index is -0.651. The Labute approximate surface area is 113 Å². The number of benzene rings is 1. The Morgan fingerprint density at radius 3 is 2.68 bits per heavy atom. The first kappa shape index (κ1) is 14.0. The van der Waals surface area contributed by atoms with Gasteiger partial charge in [-0.15, -0.1) is 0 Å². The molecule has 1 aliphatic rings. The monoisotopic (exact) mass is 263 g/mol. The summed E-state index contributed by atoms with van der Waals surface area (Å²) in [5.41, 5.74) is 4.82. The van der Waals surface area contributed by atoms with Crippen LogP contribution < -0.4 is 5.32 Å². The van der Waals surface area contributed by atoms with Crippen LogP contribution in [0.2, 0.25) is 0 Å². The number of hydrogen-bond acceptors (Lipinski definition) is 3. The maximum absolute atomic E-state index is 11.9. The summed E-state index contributed by atoms with van der Waals surface area (Å²) < 4.78 is 5.01. The smallest absolute Gasteiger partial charge is 0.232 e. The largest absolute Gasteiger partial charge is 0.386 e. The normalized spacial score (nSPS) is 19.2. The first-order valence-corrected chi connectivity index (χ1v) is 6.63. The van der Waals surface area contributed by atoms with Crippen LogP contribution in [0.15, 0.2) is 6.07 Å². The number of methoxy groups -OCH3 is 1. The summed E-state index contributed by atoms with van der Waals surface area (Å²) in [6, 6.07) is 1.95. The molecule has 0 aromatic heterocycles. The zero-order chi connectivity index (χ0) is 14.2. The van der Waals surface area contributed by atoms with Gasteiger partial charge in [-0.1, -0.05) is 6.92 Å². The average Bonchev–Trinajstić information content (AvgIpc) is 2.70. The number of carbonyl (C=O) groups is 1. The van der Waals surface area contributed by atoms with E-state index in [9.17, 15) is 9.90 Å². The fraction of sp³-hybridized carbons (Fsp3) is 0.533. The van der Waals surface area contributed by atoms with Crippen molar-refractivity contribution in [1.82, 2.24) is 0 Å². The molecule has 0 spiro atoms. The van der Waals surface area contributed by atoms with Gasteiger partial charge in [0.2, 0.25) is 5.91 Å². The minimum Gasteiger partial charge on any atom is -0.386 e. The molecule has 2 rings (SSSR count). The second-order valence-corrected chi connectivity index (χ2v) is 5.10. The minimum absolute atomic E-state index is 0.0541. The molecule has 1 aliphatic heterocycles. The van der Waals surface area contributed by atoms with E-state index in [-0.39, 0.29) is 18.4 Å². The molecule has 1 amide bonds. The van der Waals surface area contributed by atoms with Crippen molar-refractivity contribution in [2.24, 2.45) is 0 Å².